The summed E-state index contributed by atoms with van der Waals surface area (Å²) in [6.45, 7) is 0.486. The number of carbonyl (C=O) groups excluding carboxylic acids is 1. The Hall–Kier alpha value is -0.440. The highest BCUT2D eigenvalue weighted by Gasteiger charge is 2.25. The van der Waals surface area contributed by atoms with Crippen molar-refractivity contribution in [2.45, 2.75) is 5.56 Å². The van der Waals surface area contributed by atoms with E-state index in [1.165, 1.54) is 4.90 Å². The first kappa shape index (κ1) is 5.69. The fraction of sp³-hybridized carbons (Fsp3) is 0.750. The van der Waals surface area contributed by atoms with Crippen LogP contribution >= 0.6 is 11.6 Å². The molecule has 1 atom stereocenters. The molecule has 1 saturated heterocycles. The average Bonchev–Trinajstić information content (AvgIpc) is 1.85. The van der Waals surface area contributed by atoms with Crippen LogP contribution < -0.4 is 0 Å². The highest BCUT2D eigenvalue weighted by Crippen LogP contribution is 2.10. The maximum absolute atomic E-state index is 10.4. The first-order chi connectivity index (χ1) is 3.70. The molecule has 46 valence electrons. The first-order valence-electron chi connectivity index (χ1n) is 2.26. The number of amides is 1. The summed E-state index contributed by atoms with van der Waals surface area (Å²) in [5.41, 5.74) is -0.451. The summed E-state index contributed by atoms with van der Waals surface area (Å²) in [5.74, 6) is 0. The molecule has 0 aliphatic carbocycles. The predicted octanol–water partition coefficient (Wildman–Crippen LogP) is 0.633. The molecule has 4 heteroatoms. The molecule has 0 spiro atoms. The van der Waals surface area contributed by atoms with Crippen molar-refractivity contribution < 1.29 is 9.53 Å². The molecule has 8 heavy (non-hydrogen) atoms. The van der Waals surface area contributed by atoms with Gasteiger partial charge in [0.15, 0.2) is 5.56 Å². The maximum atomic E-state index is 10.4. The van der Waals surface area contributed by atoms with Crippen molar-refractivity contribution in [3.05, 3.63) is 0 Å². The lowest BCUT2D eigenvalue weighted by Gasteiger charge is -1.98. The largest absolute Gasteiger partial charge is 0.428 e. The number of cyclic esters (lactones) is 1. The van der Waals surface area contributed by atoms with Gasteiger partial charge in [-0.3, -0.25) is 0 Å². The van der Waals surface area contributed by atoms with E-state index in [9.17, 15) is 4.79 Å². The van der Waals surface area contributed by atoms with Crippen LogP contribution in [0.2, 0.25) is 0 Å². The van der Waals surface area contributed by atoms with E-state index in [4.69, 9.17) is 11.6 Å². The molecule has 1 amide bonds. The third kappa shape index (κ3) is 0.865. The third-order valence-electron chi connectivity index (χ3n) is 0.958. The lowest BCUT2D eigenvalue weighted by atomic mass is 10.7. The number of ether oxygens (including phenoxy) is 1. The number of rotatable bonds is 0. The monoisotopic (exact) mass is 135 g/mol. The van der Waals surface area contributed by atoms with Crippen LogP contribution in [0.25, 0.3) is 0 Å². The SMILES string of the molecule is CN1CC(Cl)OC1=O. The van der Waals surface area contributed by atoms with Crippen molar-refractivity contribution in [3.63, 3.8) is 0 Å². The number of halogens is 1. The standard InChI is InChI=1S/C4H6ClNO2/c1-6-2-3(5)8-4(6)7/h3H,2H2,1H3. The minimum Gasteiger partial charge on any atom is -0.428 e. The normalized spacial score (nSPS) is 28.5. The summed E-state index contributed by atoms with van der Waals surface area (Å²) in [6.07, 6.45) is -0.343. The van der Waals surface area contributed by atoms with Crippen molar-refractivity contribution in [1.29, 1.82) is 0 Å². The van der Waals surface area contributed by atoms with Crippen LogP contribution in [0.4, 0.5) is 4.79 Å². The molecule has 1 unspecified atom stereocenters. The van der Waals surface area contributed by atoms with Gasteiger partial charge in [0, 0.05) is 7.05 Å². The molecule has 0 N–H and O–H groups in total. The van der Waals surface area contributed by atoms with Crippen molar-refractivity contribution in [2.24, 2.45) is 0 Å². The molecule has 0 aromatic carbocycles. The number of likely N-dealkylation sites (N-methyl/N-ethyl adjacent to an activating group) is 1. The summed E-state index contributed by atoms with van der Waals surface area (Å²) in [5, 5.41) is 0. The van der Waals surface area contributed by atoms with Crippen LogP contribution in [0, 0.1) is 0 Å². The zero-order chi connectivity index (χ0) is 6.15. The van der Waals surface area contributed by atoms with Gasteiger partial charge in [0.05, 0.1) is 6.54 Å². The Kier molecular flexibility index (Phi) is 1.29. The van der Waals surface area contributed by atoms with Crippen LogP contribution in [-0.4, -0.2) is 30.1 Å². The number of hydrogen-bond acceptors (Lipinski definition) is 2. The van der Waals surface area contributed by atoms with Gasteiger partial charge in [0.2, 0.25) is 0 Å². The van der Waals surface area contributed by atoms with E-state index in [1.807, 2.05) is 0 Å². The fourth-order valence-corrected chi connectivity index (χ4v) is 0.810. The van der Waals surface area contributed by atoms with Gasteiger partial charge in [-0.15, -0.1) is 0 Å². The van der Waals surface area contributed by atoms with Gasteiger partial charge in [-0.05, 0) is 0 Å². The predicted molar refractivity (Wildman–Crippen MR) is 28.8 cm³/mol. The molecule has 1 fully saturated rings. The van der Waals surface area contributed by atoms with Crippen LogP contribution in [0.5, 0.6) is 0 Å². The molecular weight excluding hydrogens is 130 g/mol. The Morgan fingerprint density at radius 3 is 2.75 bits per heavy atom. The summed E-state index contributed by atoms with van der Waals surface area (Å²) < 4.78 is 4.53. The highest BCUT2D eigenvalue weighted by molar-refractivity contribution is 6.20. The molecule has 0 saturated carbocycles. The summed E-state index contributed by atoms with van der Waals surface area (Å²) in [6, 6.07) is 0. The number of nitrogens with zero attached hydrogens (tertiary/aromatic N) is 1. The van der Waals surface area contributed by atoms with E-state index < -0.39 is 5.56 Å². The minimum absolute atomic E-state index is 0.343. The Morgan fingerprint density at radius 2 is 2.62 bits per heavy atom. The van der Waals surface area contributed by atoms with Gasteiger partial charge in [-0.25, -0.2) is 4.79 Å². The first-order valence-corrected chi connectivity index (χ1v) is 2.69. The lowest BCUT2D eigenvalue weighted by molar-refractivity contribution is 0.156. The Bertz CT molecular complexity index is 117. The van der Waals surface area contributed by atoms with Crippen LogP contribution in [0.15, 0.2) is 0 Å². The number of carbonyl (C=O) groups is 1. The summed E-state index contributed by atoms with van der Waals surface area (Å²) >= 11 is 5.42. The van der Waals surface area contributed by atoms with Gasteiger partial charge < -0.3 is 9.64 Å². The van der Waals surface area contributed by atoms with E-state index in [0.717, 1.165) is 0 Å². The lowest BCUT2D eigenvalue weighted by Crippen LogP contribution is -2.17. The van der Waals surface area contributed by atoms with Crippen molar-refractivity contribution in [2.75, 3.05) is 13.6 Å². The fourth-order valence-electron chi connectivity index (χ4n) is 0.526. The summed E-state index contributed by atoms with van der Waals surface area (Å²) in [4.78, 5) is 11.8. The second kappa shape index (κ2) is 1.82. The summed E-state index contributed by atoms with van der Waals surface area (Å²) in [7, 11) is 1.64. The molecule has 0 aromatic heterocycles. The Balaban J connectivity index is 2.51. The van der Waals surface area contributed by atoms with Gasteiger partial charge in [-0.2, -0.15) is 0 Å². The zero-order valence-corrected chi connectivity index (χ0v) is 5.18. The molecule has 1 heterocycles. The second-order valence-corrected chi connectivity index (χ2v) is 2.16. The zero-order valence-electron chi connectivity index (χ0n) is 4.43. The molecular formula is C4H6ClNO2. The third-order valence-corrected chi connectivity index (χ3v) is 1.18. The van der Waals surface area contributed by atoms with E-state index in [1.54, 1.807) is 7.05 Å². The topological polar surface area (TPSA) is 29.5 Å². The highest BCUT2D eigenvalue weighted by atomic mass is 35.5. The minimum atomic E-state index is -0.451. The van der Waals surface area contributed by atoms with Crippen LogP contribution in [-0.2, 0) is 4.74 Å². The quantitative estimate of drug-likeness (QED) is 0.456. The molecule has 1 aliphatic rings. The average molecular weight is 136 g/mol. The second-order valence-electron chi connectivity index (χ2n) is 1.67. The molecule has 1 aliphatic heterocycles. The van der Waals surface area contributed by atoms with E-state index >= 15 is 0 Å². The van der Waals surface area contributed by atoms with Crippen molar-refractivity contribution in [3.8, 4) is 0 Å². The Labute approximate surface area is 52.2 Å². The van der Waals surface area contributed by atoms with Gasteiger partial charge >= 0.3 is 6.09 Å². The van der Waals surface area contributed by atoms with Crippen LogP contribution in [0.1, 0.15) is 0 Å². The molecule has 0 aromatic rings. The van der Waals surface area contributed by atoms with Gasteiger partial charge in [0.25, 0.3) is 0 Å². The van der Waals surface area contributed by atoms with E-state index in [2.05, 4.69) is 4.74 Å². The molecule has 3 nitrogen and oxygen atoms in total. The van der Waals surface area contributed by atoms with Crippen LogP contribution in [0.3, 0.4) is 0 Å². The van der Waals surface area contributed by atoms with Crippen molar-refractivity contribution >= 4 is 17.7 Å². The van der Waals surface area contributed by atoms with Crippen molar-refractivity contribution in [1.82, 2.24) is 4.90 Å². The van der Waals surface area contributed by atoms with E-state index in [0.29, 0.717) is 6.54 Å². The molecule has 1 rings (SSSR count). The number of hydrogen-bond donors (Lipinski definition) is 0. The smallest absolute Gasteiger partial charge is 0.411 e. The molecule has 0 radical (unpaired) electrons. The Morgan fingerprint density at radius 1 is 2.00 bits per heavy atom. The van der Waals surface area contributed by atoms with E-state index in [-0.39, 0.29) is 6.09 Å². The number of alkyl halides is 1. The van der Waals surface area contributed by atoms with Gasteiger partial charge in [-0.1, -0.05) is 11.6 Å². The maximum Gasteiger partial charge on any atom is 0.411 e. The van der Waals surface area contributed by atoms with Gasteiger partial charge in [0.1, 0.15) is 0 Å². The molecule has 0 bridgehead atoms.